The van der Waals surface area contributed by atoms with Gasteiger partial charge in [-0.15, -0.1) is 0 Å². The van der Waals surface area contributed by atoms with E-state index in [1.165, 1.54) is 0 Å². The lowest BCUT2D eigenvalue weighted by Gasteiger charge is -2.22. The van der Waals surface area contributed by atoms with Crippen LogP contribution >= 0.6 is 15.9 Å². The number of hydrogen-bond acceptors (Lipinski definition) is 4. The molecule has 0 aliphatic heterocycles. The molecule has 3 N–H and O–H groups in total. The van der Waals surface area contributed by atoms with Gasteiger partial charge in [-0.1, -0.05) is 12.1 Å². The molecule has 1 amide bonds. The minimum absolute atomic E-state index is 0.0990. The Hall–Kier alpha value is -1.50. The standard InChI is InChI=1S/C11H16BrN3O3/c1-3-15(6-7(2)10(13)14-17)11(16)8-4-5-9(12)18-8/h4-5,7,17H,3,6H2,1-2H3,(H2,13,14). The normalized spacial score (nSPS) is 13.4. The maximum Gasteiger partial charge on any atom is 0.289 e. The minimum Gasteiger partial charge on any atom is -0.444 e. The number of hydrogen-bond donors (Lipinski definition) is 2. The number of nitrogens with zero attached hydrogens (tertiary/aromatic N) is 2. The molecule has 0 aliphatic carbocycles. The summed E-state index contributed by atoms with van der Waals surface area (Å²) in [7, 11) is 0. The van der Waals surface area contributed by atoms with E-state index in [9.17, 15) is 4.79 Å². The molecule has 0 saturated heterocycles. The number of rotatable bonds is 5. The summed E-state index contributed by atoms with van der Waals surface area (Å²) in [6, 6.07) is 3.26. The van der Waals surface area contributed by atoms with Crippen molar-refractivity contribution >= 4 is 27.7 Å². The zero-order chi connectivity index (χ0) is 13.7. The van der Waals surface area contributed by atoms with Gasteiger partial charge in [-0.2, -0.15) is 0 Å². The maximum absolute atomic E-state index is 12.1. The number of carbonyl (C=O) groups is 1. The van der Waals surface area contributed by atoms with Crippen LogP contribution < -0.4 is 5.73 Å². The second-order valence-electron chi connectivity index (χ2n) is 3.87. The van der Waals surface area contributed by atoms with Crippen LogP contribution in [0.1, 0.15) is 24.4 Å². The lowest BCUT2D eigenvalue weighted by atomic mass is 10.1. The van der Waals surface area contributed by atoms with Crippen LogP contribution in [0.15, 0.2) is 26.4 Å². The van der Waals surface area contributed by atoms with Gasteiger partial charge in [0.05, 0.1) is 0 Å². The van der Waals surface area contributed by atoms with E-state index in [-0.39, 0.29) is 23.4 Å². The smallest absolute Gasteiger partial charge is 0.289 e. The predicted octanol–water partition coefficient (Wildman–Crippen LogP) is 1.89. The van der Waals surface area contributed by atoms with E-state index in [1.54, 1.807) is 24.0 Å². The molecule has 1 rings (SSSR count). The Bertz CT molecular complexity index is 444. The Kier molecular flexibility index (Phi) is 5.21. The molecule has 0 radical (unpaired) electrons. The molecule has 1 aromatic rings. The summed E-state index contributed by atoms with van der Waals surface area (Å²) in [6.07, 6.45) is 0. The number of oxime groups is 1. The van der Waals surface area contributed by atoms with Crippen molar-refractivity contribution < 1.29 is 14.4 Å². The van der Waals surface area contributed by atoms with Crippen LogP contribution in [0.4, 0.5) is 0 Å². The lowest BCUT2D eigenvalue weighted by molar-refractivity contribution is 0.0720. The molecular formula is C11H16BrN3O3. The van der Waals surface area contributed by atoms with Crippen LogP contribution in [0, 0.1) is 5.92 Å². The Balaban J connectivity index is 2.75. The average Bonchev–Trinajstić information content (AvgIpc) is 2.80. The molecule has 0 spiro atoms. The summed E-state index contributed by atoms with van der Waals surface area (Å²) in [5, 5.41) is 11.5. The summed E-state index contributed by atoms with van der Waals surface area (Å²) in [6.45, 7) is 4.52. The summed E-state index contributed by atoms with van der Waals surface area (Å²) >= 11 is 3.15. The molecule has 0 bridgehead atoms. The summed E-state index contributed by atoms with van der Waals surface area (Å²) in [5.41, 5.74) is 5.49. The molecule has 1 aromatic heterocycles. The molecule has 1 heterocycles. The van der Waals surface area contributed by atoms with E-state index in [2.05, 4.69) is 21.1 Å². The van der Waals surface area contributed by atoms with Crippen LogP contribution in [-0.4, -0.2) is 34.9 Å². The van der Waals surface area contributed by atoms with Gasteiger partial charge in [0, 0.05) is 19.0 Å². The molecule has 18 heavy (non-hydrogen) atoms. The van der Waals surface area contributed by atoms with Gasteiger partial charge in [-0.25, -0.2) is 0 Å². The highest BCUT2D eigenvalue weighted by Gasteiger charge is 2.21. The van der Waals surface area contributed by atoms with Gasteiger partial charge < -0.3 is 20.3 Å². The molecule has 7 heteroatoms. The SMILES string of the molecule is CCN(CC(C)C(N)=NO)C(=O)c1ccc(Br)o1. The first-order chi connectivity index (χ1) is 8.49. The topological polar surface area (TPSA) is 92.1 Å². The quantitative estimate of drug-likeness (QED) is 0.375. The molecule has 0 aliphatic rings. The Labute approximate surface area is 114 Å². The van der Waals surface area contributed by atoms with E-state index in [4.69, 9.17) is 15.4 Å². The molecule has 0 saturated carbocycles. The first kappa shape index (κ1) is 14.6. The highest BCUT2D eigenvalue weighted by atomic mass is 79.9. The van der Waals surface area contributed by atoms with Crippen LogP contribution in [0.3, 0.4) is 0 Å². The van der Waals surface area contributed by atoms with E-state index in [0.717, 1.165) is 0 Å². The first-order valence-electron chi connectivity index (χ1n) is 5.51. The highest BCUT2D eigenvalue weighted by molar-refractivity contribution is 9.10. The van der Waals surface area contributed by atoms with Crippen molar-refractivity contribution in [3.8, 4) is 0 Å². The minimum atomic E-state index is -0.225. The van der Waals surface area contributed by atoms with E-state index in [1.807, 2.05) is 6.92 Å². The number of carbonyl (C=O) groups excluding carboxylic acids is 1. The molecular weight excluding hydrogens is 302 g/mol. The van der Waals surface area contributed by atoms with E-state index >= 15 is 0 Å². The third-order valence-electron chi connectivity index (χ3n) is 2.57. The molecule has 6 nitrogen and oxygen atoms in total. The summed E-state index contributed by atoms with van der Waals surface area (Å²) in [5.74, 6) is -0.0876. The van der Waals surface area contributed by atoms with Gasteiger partial charge in [-0.05, 0) is 35.0 Å². The van der Waals surface area contributed by atoms with E-state index < -0.39 is 0 Å². The van der Waals surface area contributed by atoms with Gasteiger partial charge in [0.25, 0.3) is 5.91 Å². The fraction of sp³-hybridized carbons (Fsp3) is 0.455. The largest absolute Gasteiger partial charge is 0.444 e. The monoisotopic (exact) mass is 317 g/mol. The first-order valence-corrected chi connectivity index (χ1v) is 6.30. The van der Waals surface area contributed by atoms with Crippen LogP contribution in [-0.2, 0) is 0 Å². The summed E-state index contributed by atoms with van der Waals surface area (Å²) in [4.78, 5) is 13.7. The fourth-order valence-electron chi connectivity index (χ4n) is 1.46. The summed E-state index contributed by atoms with van der Waals surface area (Å²) < 4.78 is 5.72. The van der Waals surface area contributed by atoms with Gasteiger partial charge in [-0.3, -0.25) is 4.79 Å². The number of nitrogens with two attached hydrogens (primary N) is 1. The molecule has 0 fully saturated rings. The Morgan fingerprint density at radius 3 is 2.78 bits per heavy atom. The van der Waals surface area contributed by atoms with Crippen molar-refractivity contribution in [1.29, 1.82) is 0 Å². The average molecular weight is 318 g/mol. The van der Waals surface area contributed by atoms with Gasteiger partial charge in [0.1, 0.15) is 5.84 Å². The van der Waals surface area contributed by atoms with Crippen molar-refractivity contribution in [1.82, 2.24) is 4.90 Å². The van der Waals surface area contributed by atoms with Gasteiger partial charge in [0.2, 0.25) is 0 Å². The maximum atomic E-state index is 12.1. The number of furan rings is 1. The molecule has 1 unspecified atom stereocenters. The Morgan fingerprint density at radius 1 is 1.67 bits per heavy atom. The van der Waals surface area contributed by atoms with Crippen molar-refractivity contribution in [2.24, 2.45) is 16.8 Å². The highest BCUT2D eigenvalue weighted by Crippen LogP contribution is 2.16. The fourth-order valence-corrected chi connectivity index (χ4v) is 1.77. The third kappa shape index (κ3) is 3.49. The van der Waals surface area contributed by atoms with Gasteiger partial charge >= 0.3 is 0 Å². The molecule has 1 atom stereocenters. The second kappa shape index (κ2) is 6.44. The zero-order valence-electron chi connectivity index (χ0n) is 10.3. The van der Waals surface area contributed by atoms with Crippen molar-refractivity contribution in [2.45, 2.75) is 13.8 Å². The lowest BCUT2D eigenvalue weighted by Crippen LogP contribution is -2.38. The second-order valence-corrected chi connectivity index (χ2v) is 4.66. The van der Waals surface area contributed by atoms with Crippen molar-refractivity contribution in [3.63, 3.8) is 0 Å². The zero-order valence-corrected chi connectivity index (χ0v) is 11.8. The van der Waals surface area contributed by atoms with Crippen molar-refractivity contribution in [2.75, 3.05) is 13.1 Å². The third-order valence-corrected chi connectivity index (χ3v) is 2.99. The number of amides is 1. The number of amidine groups is 1. The predicted molar refractivity (Wildman–Crippen MR) is 70.6 cm³/mol. The van der Waals surface area contributed by atoms with Crippen molar-refractivity contribution in [3.05, 3.63) is 22.6 Å². The van der Waals surface area contributed by atoms with Crippen LogP contribution in [0.2, 0.25) is 0 Å². The van der Waals surface area contributed by atoms with E-state index in [0.29, 0.717) is 17.8 Å². The van der Waals surface area contributed by atoms with Crippen LogP contribution in [0.25, 0.3) is 0 Å². The Morgan fingerprint density at radius 2 is 2.33 bits per heavy atom. The van der Waals surface area contributed by atoms with Gasteiger partial charge in [0.15, 0.2) is 10.4 Å². The molecule has 100 valence electrons. The molecule has 0 aromatic carbocycles. The van der Waals surface area contributed by atoms with Crippen LogP contribution in [0.5, 0.6) is 0 Å². The number of halogens is 1.